The summed E-state index contributed by atoms with van der Waals surface area (Å²) < 4.78 is 0. The fourth-order valence-electron chi connectivity index (χ4n) is 1.15. The number of nitrogens with one attached hydrogen (secondary N) is 1. The zero-order chi connectivity index (χ0) is 10.6. The molecule has 0 spiro atoms. The summed E-state index contributed by atoms with van der Waals surface area (Å²) in [5.74, 6) is 0.173. The SMILES string of the molecule is Cc1cccc(NC(C)C(N)=NO)c1. The molecule has 1 unspecified atom stereocenters. The number of aryl methyl sites for hydroxylation is 1. The maximum atomic E-state index is 8.46. The molecule has 0 heterocycles. The van der Waals surface area contributed by atoms with Crippen molar-refractivity contribution in [2.45, 2.75) is 19.9 Å². The van der Waals surface area contributed by atoms with Crippen molar-refractivity contribution in [1.82, 2.24) is 0 Å². The summed E-state index contributed by atoms with van der Waals surface area (Å²) in [6.07, 6.45) is 0. The summed E-state index contributed by atoms with van der Waals surface area (Å²) >= 11 is 0. The molecule has 1 atom stereocenters. The molecule has 0 aliphatic carbocycles. The van der Waals surface area contributed by atoms with Crippen LogP contribution in [0.1, 0.15) is 12.5 Å². The van der Waals surface area contributed by atoms with Crippen LogP contribution >= 0.6 is 0 Å². The number of hydrogen-bond donors (Lipinski definition) is 3. The van der Waals surface area contributed by atoms with E-state index in [2.05, 4.69) is 10.5 Å². The monoisotopic (exact) mass is 193 g/mol. The van der Waals surface area contributed by atoms with E-state index in [0.717, 1.165) is 5.69 Å². The minimum Gasteiger partial charge on any atom is -0.409 e. The first-order valence-electron chi connectivity index (χ1n) is 4.44. The Morgan fingerprint density at radius 1 is 1.57 bits per heavy atom. The van der Waals surface area contributed by atoms with Crippen LogP contribution in [0, 0.1) is 6.92 Å². The van der Waals surface area contributed by atoms with E-state index in [-0.39, 0.29) is 11.9 Å². The molecule has 0 amide bonds. The minimum atomic E-state index is -0.179. The van der Waals surface area contributed by atoms with E-state index in [9.17, 15) is 0 Å². The Hall–Kier alpha value is -1.71. The number of amidine groups is 1. The van der Waals surface area contributed by atoms with Crippen LogP contribution < -0.4 is 11.1 Å². The van der Waals surface area contributed by atoms with Gasteiger partial charge in [0.1, 0.15) is 0 Å². The topological polar surface area (TPSA) is 70.6 Å². The third-order valence-corrected chi connectivity index (χ3v) is 1.96. The van der Waals surface area contributed by atoms with Gasteiger partial charge in [-0.3, -0.25) is 0 Å². The van der Waals surface area contributed by atoms with Crippen LogP contribution in [0.3, 0.4) is 0 Å². The molecule has 4 N–H and O–H groups in total. The van der Waals surface area contributed by atoms with Gasteiger partial charge in [-0.05, 0) is 31.5 Å². The lowest BCUT2D eigenvalue weighted by Gasteiger charge is -2.13. The molecule has 0 radical (unpaired) electrons. The smallest absolute Gasteiger partial charge is 0.161 e. The molecular formula is C10H15N3O. The average Bonchev–Trinajstić information content (AvgIpc) is 2.16. The molecule has 76 valence electrons. The fraction of sp³-hybridized carbons (Fsp3) is 0.300. The highest BCUT2D eigenvalue weighted by Gasteiger charge is 2.06. The molecule has 0 aliphatic rings. The van der Waals surface area contributed by atoms with Crippen LogP contribution in [0.4, 0.5) is 5.69 Å². The molecule has 0 bridgehead atoms. The molecule has 14 heavy (non-hydrogen) atoms. The van der Waals surface area contributed by atoms with Crippen LogP contribution in [-0.4, -0.2) is 17.1 Å². The first-order valence-corrected chi connectivity index (χ1v) is 4.44. The van der Waals surface area contributed by atoms with Crippen molar-refractivity contribution in [2.75, 3.05) is 5.32 Å². The molecule has 1 aromatic carbocycles. The first kappa shape index (κ1) is 10.4. The molecule has 0 saturated heterocycles. The second kappa shape index (κ2) is 4.50. The number of rotatable bonds is 3. The second-order valence-electron chi connectivity index (χ2n) is 3.26. The summed E-state index contributed by atoms with van der Waals surface area (Å²) in [5.41, 5.74) is 7.57. The minimum absolute atomic E-state index is 0.173. The van der Waals surface area contributed by atoms with Crippen molar-refractivity contribution < 1.29 is 5.21 Å². The lowest BCUT2D eigenvalue weighted by molar-refractivity contribution is 0.316. The number of nitrogens with two attached hydrogens (primary N) is 1. The summed E-state index contributed by atoms with van der Waals surface area (Å²) in [6.45, 7) is 3.84. The highest BCUT2D eigenvalue weighted by Crippen LogP contribution is 2.10. The van der Waals surface area contributed by atoms with E-state index in [1.54, 1.807) is 0 Å². The van der Waals surface area contributed by atoms with Gasteiger partial charge in [0.15, 0.2) is 5.84 Å². The van der Waals surface area contributed by atoms with Gasteiger partial charge in [-0.1, -0.05) is 17.3 Å². The molecule has 0 aliphatic heterocycles. The maximum absolute atomic E-state index is 8.46. The molecule has 4 heteroatoms. The van der Waals surface area contributed by atoms with Gasteiger partial charge in [0.25, 0.3) is 0 Å². The zero-order valence-corrected chi connectivity index (χ0v) is 8.36. The number of nitrogens with zero attached hydrogens (tertiary/aromatic N) is 1. The van der Waals surface area contributed by atoms with E-state index in [1.165, 1.54) is 5.56 Å². The van der Waals surface area contributed by atoms with E-state index in [4.69, 9.17) is 10.9 Å². The number of anilines is 1. The predicted octanol–water partition coefficient (Wildman–Crippen LogP) is 1.54. The summed E-state index contributed by atoms with van der Waals surface area (Å²) in [7, 11) is 0. The lowest BCUT2D eigenvalue weighted by Crippen LogP contribution is -2.32. The van der Waals surface area contributed by atoms with Crippen molar-refractivity contribution in [2.24, 2.45) is 10.9 Å². The first-order chi connectivity index (χ1) is 6.63. The normalized spacial score (nSPS) is 13.7. The van der Waals surface area contributed by atoms with Gasteiger partial charge in [-0.25, -0.2) is 0 Å². The van der Waals surface area contributed by atoms with E-state index in [1.807, 2.05) is 38.1 Å². The van der Waals surface area contributed by atoms with Crippen LogP contribution in [0.2, 0.25) is 0 Å². The zero-order valence-electron chi connectivity index (χ0n) is 8.36. The molecule has 1 aromatic rings. The van der Waals surface area contributed by atoms with Gasteiger partial charge in [0, 0.05) is 5.69 Å². The molecule has 0 saturated carbocycles. The highest BCUT2D eigenvalue weighted by atomic mass is 16.4. The summed E-state index contributed by atoms with van der Waals surface area (Å²) in [4.78, 5) is 0. The van der Waals surface area contributed by atoms with Gasteiger partial charge >= 0.3 is 0 Å². The molecule has 0 aromatic heterocycles. The Bertz CT molecular complexity index is 336. The Balaban J connectivity index is 2.69. The quantitative estimate of drug-likeness (QED) is 0.295. The Morgan fingerprint density at radius 2 is 2.29 bits per heavy atom. The Labute approximate surface area is 83.4 Å². The number of hydrogen-bond acceptors (Lipinski definition) is 3. The standard InChI is InChI=1S/C10H15N3O/c1-7-4-3-5-9(6-7)12-8(2)10(11)13-14/h3-6,8,12,14H,1-2H3,(H2,11,13). The average molecular weight is 193 g/mol. The van der Waals surface area contributed by atoms with E-state index < -0.39 is 0 Å². The number of benzene rings is 1. The maximum Gasteiger partial charge on any atom is 0.161 e. The molecular weight excluding hydrogens is 178 g/mol. The number of oxime groups is 1. The van der Waals surface area contributed by atoms with E-state index >= 15 is 0 Å². The van der Waals surface area contributed by atoms with Gasteiger partial charge in [0.05, 0.1) is 6.04 Å². The predicted molar refractivity (Wildman–Crippen MR) is 57.7 cm³/mol. The van der Waals surface area contributed by atoms with Gasteiger partial charge in [-0.15, -0.1) is 0 Å². The van der Waals surface area contributed by atoms with Crippen LogP contribution in [0.25, 0.3) is 0 Å². The summed E-state index contributed by atoms with van der Waals surface area (Å²) in [5, 5.41) is 14.5. The molecule has 1 rings (SSSR count). The van der Waals surface area contributed by atoms with Crippen LogP contribution in [0.15, 0.2) is 29.4 Å². The second-order valence-corrected chi connectivity index (χ2v) is 3.26. The van der Waals surface area contributed by atoms with Crippen molar-refractivity contribution in [3.63, 3.8) is 0 Å². The third-order valence-electron chi connectivity index (χ3n) is 1.96. The Kier molecular flexibility index (Phi) is 3.34. The van der Waals surface area contributed by atoms with Crippen molar-refractivity contribution in [3.8, 4) is 0 Å². The highest BCUT2D eigenvalue weighted by molar-refractivity contribution is 5.87. The van der Waals surface area contributed by atoms with Crippen LogP contribution in [0.5, 0.6) is 0 Å². The van der Waals surface area contributed by atoms with E-state index in [0.29, 0.717) is 0 Å². The molecule has 4 nitrogen and oxygen atoms in total. The van der Waals surface area contributed by atoms with Gasteiger partial charge in [0.2, 0.25) is 0 Å². The molecule has 0 fully saturated rings. The van der Waals surface area contributed by atoms with Crippen molar-refractivity contribution in [3.05, 3.63) is 29.8 Å². The van der Waals surface area contributed by atoms with Crippen LogP contribution in [-0.2, 0) is 0 Å². The fourth-order valence-corrected chi connectivity index (χ4v) is 1.15. The van der Waals surface area contributed by atoms with Gasteiger partial charge in [-0.2, -0.15) is 0 Å². The van der Waals surface area contributed by atoms with Crippen molar-refractivity contribution in [1.29, 1.82) is 0 Å². The van der Waals surface area contributed by atoms with Gasteiger partial charge < -0.3 is 16.3 Å². The van der Waals surface area contributed by atoms with Crippen molar-refractivity contribution >= 4 is 11.5 Å². The third kappa shape index (κ3) is 2.65. The largest absolute Gasteiger partial charge is 0.409 e. The summed E-state index contributed by atoms with van der Waals surface area (Å²) in [6, 6.07) is 7.73. The lowest BCUT2D eigenvalue weighted by atomic mass is 10.2. The Morgan fingerprint density at radius 3 is 2.86 bits per heavy atom.